The average molecular weight is 409 g/mol. The van der Waals surface area contributed by atoms with Gasteiger partial charge in [0.05, 0.1) is 30.8 Å². The number of amides is 1. The van der Waals surface area contributed by atoms with E-state index < -0.39 is 12.2 Å². The molecule has 0 fully saturated rings. The molecule has 156 valence electrons. The highest BCUT2D eigenvalue weighted by atomic mass is 16.6. The van der Waals surface area contributed by atoms with E-state index in [-0.39, 0.29) is 18.0 Å². The molecular formula is C22H23N3O5. The maximum atomic E-state index is 12.8. The van der Waals surface area contributed by atoms with Gasteiger partial charge in [-0.25, -0.2) is 4.68 Å². The molecule has 0 spiro atoms. The summed E-state index contributed by atoms with van der Waals surface area (Å²) in [5, 5.41) is 8.57. The average Bonchev–Trinajstić information content (AvgIpc) is 2.77. The smallest absolute Gasteiger partial charge is 0.274 e. The number of nitrogens with one attached hydrogen (secondary N) is 1. The molecule has 8 nitrogen and oxygen atoms in total. The molecule has 4 rings (SSSR count). The van der Waals surface area contributed by atoms with E-state index >= 15 is 0 Å². The van der Waals surface area contributed by atoms with Gasteiger partial charge in [0.1, 0.15) is 6.10 Å². The van der Waals surface area contributed by atoms with Crippen molar-refractivity contribution < 1.29 is 19.0 Å². The monoisotopic (exact) mass is 409 g/mol. The molecule has 2 heterocycles. The van der Waals surface area contributed by atoms with Gasteiger partial charge in [0.15, 0.2) is 11.5 Å². The van der Waals surface area contributed by atoms with E-state index in [9.17, 15) is 9.59 Å². The molecule has 1 aromatic heterocycles. The number of fused-ring (bicyclic) bond motifs is 2. The quantitative estimate of drug-likeness (QED) is 0.669. The summed E-state index contributed by atoms with van der Waals surface area (Å²) in [5.74, 6) is 0.844. The number of carbonyl (C=O) groups excluding carboxylic acids is 1. The lowest BCUT2D eigenvalue weighted by Gasteiger charge is -2.31. The predicted octanol–water partition coefficient (Wildman–Crippen LogP) is 1.89. The van der Waals surface area contributed by atoms with E-state index in [1.54, 1.807) is 38.3 Å². The number of rotatable bonds is 6. The van der Waals surface area contributed by atoms with Crippen molar-refractivity contribution in [2.24, 2.45) is 0 Å². The lowest BCUT2D eigenvalue weighted by Crippen LogP contribution is -2.49. The van der Waals surface area contributed by atoms with Crippen LogP contribution >= 0.6 is 0 Å². The zero-order valence-electron chi connectivity index (χ0n) is 16.8. The number of hydrogen-bond acceptors (Lipinski definition) is 6. The highest BCUT2D eigenvalue weighted by Crippen LogP contribution is 2.33. The fourth-order valence-corrected chi connectivity index (χ4v) is 3.44. The first kappa shape index (κ1) is 19.9. The third-order valence-corrected chi connectivity index (χ3v) is 4.98. The molecule has 1 aliphatic rings. The molecule has 30 heavy (non-hydrogen) atoms. The Morgan fingerprint density at radius 1 is 1.10 bits per heavy atom. The number of aromatic nitrogens is 2. The lowest BCUT2D eigenvalue weighted by molar-refractivity contribution is -0.133. The molecule has 8 heteroatoms. The maximum Gasteiger partial charge on any atom is 0.274 e. The summed E-state index contributed by atoms with van der Waals surface area (Å²) in [5.41, 5.74) is 0.409. The van der Waals surface area contributed by atoms with E-state index in [2.05, 4.69) is 10.4 Å². The first-order valence-electron chi connectivity index (χ1n) is 9.76. The zero-order valence-corrected chi connectivity index (χ0v) is 16.8. The van der Waals surface area contributed by atoms with Crippen molar-refractivity contribution >= 4 is 16.7 Å². The number of nitrogens with zero attached hydrogens (tertiary/aromatic N) is 2. The third-order valence-electron chi connectivity index (χ3n) is 4.98. The fraction of sp³-hybridized carbons (Fsp3) is 0.318. The summed E-state index contributed by atoms with van der Waals surface area (Å²) >= 11 is 0. The Kier molecular flexibility index (Phi) is 5.67. The van der Waals surface area contributed by atoms with Gasteiger partial charge in [0, 0.05) is 12.5 Å². The van der Waals surface area contributed by atoms with Crippen molar-refractivity contribution in [1.29, 1.82) is 0 Å². The van der Waals surface area contributed by atoms with Crippen LogP contribution in [0.5, 0.6) is 11.5 Å². The molecule has 1 aliphatic heterocycles. The Balaban J connectivity index is 1.55. The minimum atomic E-state index is -0.787. The highest BCUT2D eigenvalue weighted by molar-refractivity contribution is 5.85. The van der Waals surface area contributed by atoms with E-state index in [4.69, 9.17) is 14.2 Å². The molecule has 1 amide bonds. The normalized spacial score (nSPS) is 17.7. The van der Waals surface area contributed by atoms with Crippen LogP contribution in [0.2, 0.25) is 0 Å². The van der Waals surface area contributed by atoms with Gasteiger partial charge in [0.2, 0.25) is 6.10 Å². The van der Waals surface area contributed by atoms with Crippen molar-refractivity contribution in [3.8, 4) is 11.5 Å². The molecule has 2 aromatic carbocycles. The Hall–Kier alpha value is -3.39. The second-order valence-corrected chi connectivity index (χ2v) is 7.04. The third kappa shape index (κ3) is 3.86. The van der Waals surface area contributed by atoms with Gasteiger partial charge in [-0.15, -0.1) is 0 Å². The van der Waals surface area contributed by atoms with Crippen molar-refractivity contribution in [2.75, 3.05) is 13.7 Å². The highest BCUT2D eigenvalue weighted by Gasteiger charge is 2.34. The van der Waals surface area contributed by atoms with Crippen LogP contribution in [0, 0.1) is 0 Å². The van der Waals surface area contributed by atoms with Crippen LogP contribution in [0.1, 0.15) is 12.6 Å². The molecule has 2 atom stereocenters. The molecule has 0 saturated heterocycles. The topological polar surface area (TPSA) is 91.7 Å². The van der Waals surface area contributed by atoms with E-state index in [0.717, 1.165) is 0 Å². The van der Waals surface area contributed by atoms with Crippen LogP contribution < -0.4 is 20.3 Å². The van der Waals surface area contributed by atoms with Crippen LogP contribution in [0.3, 0.4) is 0 Å². The molecule has 2 unspecified atom stereocenters. The van der Waals surface area contributed by atoms with Crippen LogP contribution in [-0.4, -0.2) is 41.6 Å². The molecule has 3 aromatic rings. The first-order valence-corrected chi connectivity index (χ1v) is 9.76. The number of benzene rings is 2. The van der Waals surface area contributed by atoms with Crippen molar-refractivity contribution in [3.05, 3.63) is 64.6 Å². The van der Waals surface area contributed by atoms with Gasteiger partial charge >= 0.3 is 0 Å². The summed E-state index contributed by atoms with van der Waals surface area (Å²) in [6.45, 7) is 2.63. The van der Waals surface area contributed by atoms with E-state index in [0.29, 0.717) is 41.1 Å². The van der Waals surface area contributed by atoms with Crippen LogP contribution in [0.25, 0.3) is 10.8 Å². The number of hydrogen-bond donors (Lipinski definition) is 1. The largest absolute Gasteiger partial charge is 0.482 e. The second kappa shape index (κ2) is 8.54. The van der Waals surface area contributed by atoms with Gasteiger partial charge in [-0.1, -0.05) is 30.3 Å². The summed E-state index contributed by atoms with van der Waals surface area (Å²) in [6.07, 6.45) is -1.23. The molecule has 0 bridgehead atoms. The summed E-state index contributed by atoms with van der Waals surface area (Å²) in [7, 11) is 1.57. The lowest BCUT2D eigenvalue weighted by atomic mass is 10.1. The van der Waals surface area contributed by atoms with Crippen LogP contribution in [0.4, 0.5) is 0 Å². The Morgan fingerprint density at radius 2 is 1.77 bits per heavy atom. The minimum absolute atomic E-state index is 0.154. The second-order valence-electron chi connectivity index (χ2n) is 7.04. The van der Waals surface area contributed by atoms with Gasteiger partial charge in [-0.2, -0.15) is 5.10 Å². The van der Waals surface area contributed by atoms with Crippen molar-refractivity contribution in [1.82, 2.24) is 15.1 Å². The Labute approximate surface area is 173 Å². The van der Waals surface area contributed by atoms with Gasteiger partial charge in [-0.05, 0) is 25.1 Å². The summed E-state index contributed by atoms with van der Waals surface area (Å²) < 4.78 is 18.1. The standard InChI is InChI=1S/C22H23N3O5/c1-14-20(30-19-10-6-5-9-18(19)29-14)21(26)23-13-17-15-7-3-4-8-16(15)22(27)25(24-17)11-12-28-2/h3-10,14,20H,11-13H2,1-2H3,(H,23,26). The zero-order chi connectivity index (χ0) is 21.1. The molecular weight excluding hydrogens is 386 g/mol. The SMILES string of the molecule is COCCn1nc(CNC(=O)C2Oc3ccccc3OC2C)c2ccccc2c1=O. The van der Waals surface area contributed by atoms with Crippen LogP contribution in [0.15, 0.2) is 53.3 Å². The summed E-state index contributed by atoms with van der Waals surface area (Å²) in [4.78, 5) is 25.5. The number of methoxy groups -OCH3 is 1. The molecule has 1 N–H and O–H groups in total. The maximum absolute atomic E-state index is 12.8. The minimum Gasteiger partial charge on any atom is -0.482 e. The Bertz CT molecular complexity index is 1130. The number of para-hydroxylation sites is 2. The van der Waals surface area contributed by atoms with Gasteiger partial charge < -0.3 is 19.5 Å². The Morgan fingerprint density at radius 3 is 2.50 bits per heavy atom. The van der Waals surface area contributed by atoms with E-state index in [1.165, 1.54) is 4.68 Å². The predicted molar refractivity (Wildman–Crippen MR) is 111 cm³/mol. The van der Waals surface area contributed by atoms with Crippen molar-refractivity contribution in [2.45, 2.75) is 32.2 Å². The molecule has 0 aliphatic carbocycles. The number of ether oxygens (including phenoxy) is 3. The van der Waals surface area contributed by atoms with Crippen molar-refractivity contribution in [3.63, 3.8) is 0 Å². The van der Waals surface area contributed by atoms with E-state index in [1.807, 2.05) is 24.3 Å². The fourth-order valence-electron chi connectivity index (χ4n) is 3.44. The summed E-state index contributed by atoms with van der Waals surface area (Å²) in [6, 6.07) is 14.5. The molecule has 0 radical (unpaired) electrons. The first-order chi connectivity index (χ1) is 14.6. The number of carbonyl (C=O) groups is 1. The van der Waals surface area contributed by atoms with Gasteiger partial charge in [-0.3, -0.25) is 9.59 Å². The molecule has 0 saturated carbocycles. The van der Waals surface area contributed by atoms with Crippen LogP contribution in [-0.2, 0) is 22.6 Å². The van der Waals surface area contributed by atoms with Gasteiger partial charge in [0.25, 0.3) is 11.5 Å².